The molecular formula is C17H25ClO4. The van der Waals surface area contributed by atoms with E-state index in [0.717, 1.165) is 38.5 Å². The number of esters is 1. The molecule has 0 spiro atoms. The Morgan fingerprint density at radius 3 is 2.59 bits per heavy atom. The molecule has 4 nitrogen and oxygen atoms in total. The van der Waals surface area contributed by atoms with Gasteiger partial charge in [-0.25, -0.2) is 4.79 Å². The van der Waals surface area contributed by atoms with E-state index < -0.39 is 0 Å². The second kappa shape index (κ2) is 11.3. The first-order valence-electron chi connectivity index (χ1n) is 7.89. The first-order valence-corrected chi connectivity index (χ1v) is 8.27. The molecule has 0 fully saturated rings. The van der Waals surface area contributed by atoms with Crippen molar-refractivity contribution in [1.29, 1.82) is 0 Å². The van der Waals surface area contributed by atoms with Crippen molar-refractivity contribution in [2.24, 2.45) is 0 Å². The van der Waals surface area contributed by atoms with Gasteiger partial charge in [0.05, 0.1) is 23.8 Å². The van der Waals surface area contributed by atoms with E-state index in [-0.39, 0.29) is 12.6 Å². The van der Waals surface area contributed by atoms with Crippen LogP contribution in [0.2, 0.25) is 5.02 Å². The normalized spacial score (nSPS) is 10.5. The van der Waals surface area contributed by atoms with Crippen molar-refractivity contribution in [2.75, 3.05) is 19.8 Å². The lowest BCUT2D eigenvalue weighted by Crippen LogP contribution is -2.07. The molecule has 124 valence electrons. The minimum absolute atomic E-state index is 0.213. The highest BCUT2D eigenvalue weighted by atomic mass is 35.5. The highest BCUT2D eigenvalue weighted by Gasteiger charge is 2.10. The van der Waals surface area contributed by atoms with Gasteiger partial charge in [-0.05, 0) is 43.9 Å². The Morgan fingerprint density at radius 1 is 1.14 bits per heavy atom. The van der Waals surface area contributed by atoms with Gasteiger partial charge in [0.2, 0.25) is 0 Å². The largest absolute Gasteiger partial charge is 0.492 e. The monoisotopic (exact) mass is 328 g/mol. The number of halogens is 1. The van der Waals surface area contributed by atoms with Crippen LogP contribution in [0.3, 0.4) is 0 Å². The van der Waals surface area contributed by atoms with Crippen molar-refractivity contribution in [3.63, 3.8) is 0 Å². The van der Waals surface area contributed by atoms with Crippen LogP contribution in [0.4, 0.5) is 0 Å². The summed E-state index contributed by atoms with van der Waals surface area (Å²) in [4.78, 5) is 11.9. The number of ether oxygens (including phenoxy) is 2. The number of aliphatic hydroxyl groups excluding tert-OH is 1. The maximum Gasteiger partial charge on any atom is 0.338 e. The summed E-state index contributed by atoms with van der Waals surface area (Å²) in [5.74, 6) is 0.222. The Hall–Kier alpha value is -1.26. The topological polar surface area (TPSA) is 55.8 Å². The quantitative estimate of drug-likeness (QED) is 0.488. The molecule has 0 unspecified atom stereocenters. The van der Waals surface area contributed by atoms with Gasteiger partial charge in [-0.1, -0.05) is 31.4 Å². The number of carbonyl (C=O) groups excluding carboxylic acids is 1. The number of aliphatic hydroxyl groups is 1. The molecule has 0 aliphatic rings. The van der Waals surface area contributed by atoms with Gasteiger partial charge in [-0.3, -0.25) is 0 Å². The number of rotatable bonds is 11. The third-order valence-corrected chi connectivity index (χ3v) is 3.50. The van der Waals surface area contributed by atoms with Crippen molar-refractivity contribution in [2.45, 2.75) is 45.4 Å². The molecule has 0 atom stereocenters. The Morgan fingerprint density at radius 2 is 1.91 bits per heavy atom. The predicted octanol–water partition coefficient (Wildman–Crippen LogP) is 4.23. The van der Waals surface area contributed by atoms with E-state index in [9.17, 15) is 4.79 Å². The van der Waals surface area contributed by atoms with Gasteiger partial charge in [-0.15, -0.1) is 0 Å². The third kappa shape index (κ3) is 7.14. The first-order chi connectivity index (χ1) is 10.7. The molecule has 22 heavy (non-hydrogen) atoms. The molecule has 0 saturated heterocycles. The molecule has 1 aromatic rings. The Kier molecular flexibility index (Phi) is 9.67. The van der Waals surface area contributed by atoms with E-state index in [1.165, 1.54) is 0 Å². The van der Waals surface area contributed by atoms with Crippen LogP contribution in [-0.4, -0.2) is 30.9 Å². The SMILES string of the molecule is CCCCOc1ccc(C(=O)OCCCCCCO)cc1Cl. The molecule has 0 radical (unpaired) electrons. The predicted molar refractivity (Wildman–Crippen MR) is 87.7 cm³/mol. The van der Waals surface area contributed by atoms with Gasteiger partial charge in [0, 0.05) is 6.61 Å². The van der Waals surface area contributed by atoms with Crippen LogP contribution >= 0.6 is 11.6 Å². The number of carbonyl (C=O) groups is 1. The highest BCUT2D eigenvalue weighted by Crippen LogP contribution is 2.26. The van der Waals surface area contributed by atoms with E-state index in [4.69, 9.17) is 26.2 Å². The van der Waals surface area contributed by atoms with Crippen LogP contribution in [0.1, 0.15) is 55.8 Å². The van der Waals surface area contributed by atoms with Crippen molar-refractivity contribution in [3.05, 3.63) is 28.8 Å². The molecule has 1 aromatic carbocycles. The summed E-state index contributed by atoms with van der Waals surface area (Å²) in [7, 11) is 0. The van der Waals surface area contributed by atoms with E-state index in [2.05, 4.69) is 6.92 Å². The standard InChI is InChI=1S/C17H25ClO4/c1-2-3-11-21-16-9-8-14(13-15(16)18)17(20)22-12-7-5-4-6-10-19/h8-9,13,19H,2-7,10-12H2,1H3. The van der Waals surface area contributed by atoms with Gasteiger partial charge < -0.3 is 14.6 Å². The van der Waals surface area contributed by atoms with Crippen LogP contribution in [0, 0.1) is 0 Å². The van der Waals surface area contributed by atoms with Gasteiger partial charge in [0.25, 0.3) is 0 Å². The molecule has 0 heterocycles. The lowest BCUT2D eigenvalue weighted by molar-refractivity contribution is 0.0497. The Labute approximate surface area is 137 Å². The molecule has 1 rings (SSSR count). The summed E-state index contributed by atoms with van der Waals surface area (Å²) in [5, 5.41) is 9.09. The van der Waals surface area contributed by atoms with E-state index in [1.54, 1.807) is 18.2 Å². The summed E-state index contributed by atoms with van der Waals surface area (Å²) in [6.07, 6.45) is 5.51. The molecule has 0 saturated carbocycles. The fourth-order valence-electron chi connectivity index (χ4n) is 1.89. The van der Waals surface area contributed by atoms with Crippen LogP contribution in [0.5, 0.6) is 5.75 Å². The highest BCUT2D eigenvalue weighted by molar-refractivity contribution is 6.32. The summed E-state index contributed by atoms with van der Waals surface area (Å²) in [6.45, 7) is 3.31. The number of benzene rings is 1. The van der Waals surface area contributed by atoms with Crippen LogP contribution in [0.25, 0.3) is 0 Å². The van der Waals surface area contributed by atoms with Gasteiger partial charge in [-0.2, -0.15) is 0 Å². The zero-order chi connectivity index (χ0) is 16.2. The molecular weight excluding hydrogens is 304 g/mol. The smallest absolute Gasteiger partial charge is 0.338 e. The fraction of sp³-hybridized carbons (Fsp3) is 0.588. The minimum atomic E-state index is -0.371. The average Bonchev–Trinajstić information content (AvgIpc) is 2.52. The summed E-state index contributed by atoms with van der Waals surface area (Å²) >= 11 is 6.11. The van der Waals surface area contributed by atoms with E-state index >= 15 is 0 Å². The summed E-state index contributed by atoms with van der Waals surface area (Å²) < 4.78 is 10.7. The lowest BCUT2D eigenvalue weighted by Gasteiger charge is -2.09. The maximum absolute atomic E-state index is 11.9. The van der Waals surface area contributed by atoms with Crippen LogP contribution in [-0.2, 0) is 4.74 Å². The summed E-state index contributed by atoms with van der Waals surface area (Å²) in [6, 6.07) is 4.95. The number of hydrogen-bond donors (Lipinski definition) is 1. The van der Waals surface area contributed by atoms with Crippen molar-refractivity contribution in [1.82, 2.24) is 0 Å². The van der Waals surface area contributed by atoms with Crippen LogP contribution in [0.15, 0.2) is 18.2 Å². The number of hydrogen-bond acceptors (Lipinski definition) is 4. The molecule has 0 bridgehead atoms. The van der Waals surface area contributed by atoms with Gasteiger partial charge in [0.15, 0.2) is 0 Å². The first kappa shape index (κ1) is 18.8. The van der Waals surface area contributed by atoms with E-state index in [0.29, 0.717) is 29.5 Å². The lowest BCUT2D eigenvalue weighted by atomic mass is 10.2. The molecule has 0 aliphatic heterocycles. The van der Waals surface area contributed by atoms with Crippen molar-refractivity contribution >= 4 is 17.6 Å². The minimum Gasteiger partial charge on any atom is -0.492 e. The zero-order valence-electron chi connectivity index (χ0n) is 13.1. The molecule has 0 aromatic heterocycles. The number of unbranched alkanes of at least 4 members (excludes halogenated alkanes) is 4. The second-order valence-electron chi connectivity index (χ2n) is 5.12. The Balaban J connectivity index is 2.37. The Bertz CT molecular complexity index is 448. The average molecular weight is 329 g/mol. The van der Waals surface area contributed by atoms with Crippen molar-refractivity contribution < 1.29 is 19.4 Å². The molecule has 0 aliphatic carbocycles. The molecule has 0 amide bonds. The second-order valence-corrected chi connectivity index (χ2v) is 5.53. The van der Waals surface area contributed by atoms with Gasteiger partial charge in [0.1, 0.15) is 5.75 Å². The fourth-order valence-corrected chi connectivity index (χ4v) is 2.12. The maximum atomic E-state index is 11.9. The summed E-state index contributed by atoms with van der Waals surface area (Å²) in [5.41, 5.74) is 0.434. The molecule has 1 N–H and O–H groups in total. The van der Waals surface area contributed by atoms with E-state index in [1.807, 2.05) is 0 Å². The van der Waals surface area contributed by atoms with Gasteiger partial charge >= 0.3 is 5.97 Å². The third-order valence-electron chi connectivity index (χ3n) is 3.21. The van der Waals surface area contributed by atoms with Crippen LogP contribution < -0.4 is 4.74 Å². The zero-order valence-corrected chi connectivity index (χ0v) is 13.9. The molecule has 5 heteroatoms. The van der Waals surface area contributed by atoms with Crippen molar-refractivity contribution in [3.8, 4) is 5.75 Å².